The van der Waals surface area contributed by atoms with E-state index >= 15 is 0 Å². The molecule has 4 heteroatoms. The minimum Gasteiger partial charge on any atom is -0.461 e. The minimum atomic E-state index is -0.408. The monoisotopic (exact) mass is 475 g/mol. The zero-order valence-electron chi connectivity index (χ0n) is 21.7. The lowest BCUT2D eigenvalue weighted by atomic mass is 9.63. The molecule has 0 saturated heterocycles. The summed E-state index contributed by atoms with van der Waals surface area (Å²) >= 11 is 0. The van der Waals surface area contributed by atoms with Crippen molar-refractivity contribution in [3.63, 3.8) is 0 Å². The smallest absolute Gasteiger partial charge is 0.310 e. The van der Waals surface area contributed by atoms with Crippen LogP contribution in [0.3, 0.4) is 0 Å². The first-order valence-electron chi connectivity index (χ1n) is 14.0. The highest BCUT2D eigenvalue weighted by atomic mass is 16.5. The first-order valence-corrected chi connectivity index (χ1v) is 14.0. The Morgan fingerprint density at radius 2 is 1.74 bits per heavy atom. The van der Waals surface area contributed by atoms with E-state index in [1.807, 2.05) is 20.8 Å². The highest BCUT2D eigenvalue weighted by Crippen LogP contribution is 2.64. The molecule has 1 aromatic carbocycles. The molecule has 1 N–H and O–H groups in total. The summed E-state index contributed by atoms with van der Waals surface area (Å²) in [5.74, 6) is 0.431. The summed E-state index contributed by atoms with van der Waals surface area (Å²) < 4.78 is 6.58. The third kappa shape index (κ3) is 3.78. The first kappa shape index (κ1) is 23.3. The fourth-order valence-corrected chi connectivity index (χ4v) is 8.08. The third-order valence-electron chi connectivity index (χ3n) is 10.2. The number of hydrogen-bond acceptors (Lipinski definition) is 3. The van der Waals surface area contributed by atoms with Gasteiger partial charge in [0.2, 0.25) is 5.91 Å². The maximum atomic E-state index is 14.1. The van der Waals surface area contributed by atoms with Crippen molar-refractivity contribution in [3.05, 3.63) is 41.5 Å². The number of fused-ring (bicyclic) bond motifs is 3. The second-order valence-corrected chi connectivity index (χ2v) is 13.2. The van der Waals surface area contributed by atoms with Crippen LogP contribution >= 0.6 is 0 Å². The van der Waals surface area contributed by atoms with Gasteiger partial charge in [-0.15, -0.1) is 0 Å². The number of nitrogens with one attached hydrogen (secondary N) is 1. The largest absolute Gasteiger partial charge is 0.461 e. The number of esters is 1. The van der Waals surface area contributed by atoms with Crippen molar-refractivity contribution in [3.8, 4) is 0 Å². The van der Waals surface area contributed by atoms with Gasteiger partial charge < -0.3 is 10.1 Å². The van der Waals surface area contributed by atoms with Gasteiger partial charge in [0.05, 0.1) is 5.92 Å². The van der Waals surface area contributed by atoms with Crippen molar-refractivity contribution >= 4 is 17.4 Å². The summed E-state index contributed by atoms with van der Waals surface area (Å²) in [7, 11) is 0. The minimum absolute atomic E-state index is 0.0162. The summed E-state index contributed by atoms with van der Waals surface area (Å²) in [6.07, 6.45) is 14.0. The maximum absolute atomic E-state index is 14.1. The van der Waals surface area contributed by atoms with Crippen LogP contribution in [0.5, 0.6) is 0 Å². The molecule has 0 heterocycles. The Morgan fingerprint density at radius 1 is 1.00 bits per heavy atom. The number of carbonyl (C=O) groups excluding carboxylic acids is 2. The maximum Gasteiger partial charge on any atom is 0.310 e. The van der Waals surface area contributed by atoms with Crippen LogP contribution in [0.1, 0.15) is 96.1 Å². The van der Waals surface area contributed by atoms with E-state index in [0.717, 1.165) is 70.6 Å². The average molecular weight is 476 g/mol. The summed E-state index contributed by atoms with van der Waals surface area (Å²) in [6, 6.07) is 8.87. The van der Waals surface area contributed by atoms with Crippen LogP contribution in [-0.4, -0.2) is 24.0 Å². The van der Waals surface area contributed by atoms with Gasteiger partial charge in [-0.2, -0.15) is 0 Å². The lowest BCUT2D eigenvalue weighted by Gasteiger charge is -2.43. The van der Waals surface area contributed by atoms with Gasteiger partial charge in [-0.3, -0.25) is 9.59 Å². The Bertz CT molecular complexity index is 1060. The van der Waals surface area contributed by atoms with Crippen LogP contribution in [0.25, 0.3) is 5.57 Å². The van der Waals surface area contributed by atoms with Crippen molar-refractivity contribution in [1.29, 1.82) is 0 Å². The molecule has 1 aromatic rings. The summed E-state index contributed by atoms with van der Waals surface area (Å²) in [6.45, 7) is 5.92. The number of rotatable bonds is 3. The number of aryl methyl sites for hydroxylation is 1. The SMILES string of the molecule is CC(C)(C)C(=O)N[C@@H]1CCC[C@@]12CCC[C@H]2OC(=O)[C@H]1[C@H]2CCc3ccccc3C2=CCC12CC2. The quantitative estimate of drug-likeness (QED) is 0.527. The predicted octanol–water partition coefficient (Wildman–Crippen LogP) is 6.23. The van der Waals surface area contributed by atoms with Crippen LogP contribution in [-0.2, 0) is 20.7 Å². The number of amides is 1. The Hall–Kier alpha value is -2.10. The molecule has 0 aromatic heterocycles. The second kappa shape index (κ2) is 8.21. The zero-order valence-corrected chi connectivity index (χ0v) is 21.7. The van der Waals surface area contributed by atoms with Gasteiger partial charge in [0.1, 0.15) is 6.10 Å². The van der Waals surface area contributed by atoms with Crippen LogP contribution < -0.4 is 5.32 Å². The molecule has 3 fully saturated rings. The molecule has 35 heavy (non-hydrogen) atoms. The summed E-state index contributed by atoms with van der Waals surface area (Å²) in [5.41, 5.74) is 3.80. The van der Waals surface area contributed by atoms with E-state index in [1.165, 1.54) is 16.7 Å². The van der Waals surface area contributed by atoms with E-state index in [-0.39, 0.29) is 46.7 Å². The molecule has 0 aliphatic heterocycles. The Labute approximate surface area is 210 Å². The third-order valence-corrected chi connectivity index (χ3v) is 10.2. The van der Waals surface area contributed by atoms with E-state index in [9.17, 15) is 9.59 Å². The summed E-state index contributed by atoms with van der Waals surface area (Å²) in [4.78, 5) is 26.9. The molecule has 5 aliphatic rings. The van der Waals surface area contributed by atoms with Crippen molar-refractivity contribution in [2.45, 2.75) is 104 Å². The molecule has 0 radical (unpaired) electrons. The van der Waals surface area contributed by atoms with Crippen LogP contribution in [0.2, 0.25) is 0 Å². The first-order chi connectivity index (χ1) is 16.7. The topological polar surface area (TPSA) is 55.4 Å². The van der Waals surface area contributed by atoms with E-state index in [2.05, 4.69) is 35.7 Å². The lowest BCUT2D eigenvalue weighted by Crippen LogP contribution is -2.52. The standard InChI is InChI=1S/C31H41NO3/c1-29(2,3)28(34)32-24-10-6-15-31(24)16-7-11-25(31)35-27(33)26-23-13-12-20-8-4-5-9-21(20)22(23)14-17-30(26)18-19-30/h4-5,8-9,14,23-26H,6-7,10-13,15-19H2,1-3H3,(H,32,34)/t23-,24+,25+,26+,31+/m0/s1. The molecule has 2 spiro atoms. The molecular formula is C31H41NO3. The molecule has 1 amide bonds. The molecule has 5 atom stereocenters. The fourth-order valence-electron chi connectivity index (χ4n) is 8.08. The van der Waals surface area contributed by atoms with Gasteiger partial charge in [-0.25, -0.2) is 0 Å². The van der Waals surface area contributed by atoms with Gasteiger partial charge in [0.15, 0.2) is 0 Å². The number of benzene rings is 1. The number of allylic oxidation sites excluding steroid dienone is 2. The van der Waals surface area contributed by atoms with Gasteiger partial charge >= 0.3 is 5.97 Å². The average Bonchev–Trinajstić information content (AvgIpc) is 3.29. The van der Waals surface area contributed by atoms with E-state index < -0.39 is 5.41 Å². The van der Waals surface area contributed by atoms with Gasteiger partial charge in [-0.1, -0.05) is 57.5 Å². The normalized spacial score (nSPS) is 34.8. The molecule has 6 rings (SSSR count). The number of ether oxygens (including phenoxy) is 1. The second-order valence-electron chi connectivity index (χ2n) is 13.2. The van der Waals surface area contributed by atoms with E-state index in [1.54, 1.807) is 0 Å². The van der Waals surface area contributed by atoms with Crippen molar-refractivity contribution in [2.75, 3.05) is 0 Å². The molecular weight excluding hydrogens is 434 g/mol. The highest BCUT2D eigenvalue weighted by Gasteiger charge is 2.60. The van der Waals surface area contributed by atoms with E-state index in [0.29, 0.717) is 0 Å². The molecule has 4 nitrogen and oxygen atoms in total. The number of hydrogen-bond donors (Lipinski definition) is 1. The molecule has 0 unspecified atom stereocenters. The van der Waals surface area contributed by atoms with Crippen molar-refractivity contribution < 1.29 is 14.3 Å². The molecule has 5 aliphatic carbocycles. The Balaban J connectivity index is 1.24. The van der Waals surface area contributed by atoms with Crippen LogP contribution in [0, 0.1) is 28.1 Å². The zero-order chi connectivity index (χ0) is 24.4. The highest BCUT2D eigenvalue weighted by molar-refractivity contribution is 5.83. The van der Waals surface area contributed by atoms with E-state index in [4.69, 9.17) is 4.74 Å². The van der Waals surface area contributed by atoms with Crippen LogP contribution in [0.4, 0.5) is 0 Å². The van der Waals surface area contributed by atoms with Gasteiger partial charge in [0.25, 0.3) is 0 Å². The molecule has 3 saturated carbocycles. The molecule has 188 valence electrons. The Kier molecular flexibility index (Phi) is 5.47. The van der Waals surface area contributed by atoms with Crippen molar-refractivity contribution in [2.24, 2.45) is 28.1 Å². The molecule has 0 bridgehead atoms. The predicted molar refractivity (Wildman–Crippen MR) is 137 cm³/mol. The van der Waals surface area contributed by atoms with Gasteiger partial charge in [-0.05, 0) is 92.2 Å². The summed E-state index contributed by atoms with van der Waals surface area (Å²) in [5, 5.41) is 3.38. The fraction of sp³-hybridized carbons (Fsp3) is 0.677. The lowest BCUT2D eigenvalue weighted by molar-refractivity contribution is -0.165. The van der Waals surface area contributed by atoms with Crippen LogP contribution in [0.15, 0.2) is 30.3 Å². The van der Waals surface area contributed by atoms with Gasteiger partial charge in [0, 0.05) is 16.9 Å². The van der Waals surface area contributed by atoms with Crippen molar-refractivity contribution in [1.82, 2.24) is 5.32 Å². The number of carbonyl (C=O) groups is 2. The Morgan fingerprint density at radius 3 is 2.49 bits per heavy atom.